The Labute approximate surface area is 101 Å². The van der Waals surface area contributed by atoms with E-state index >= 15 is 0 Å². The molecule has 2 nitrogen and oxygen atoms in total. The minimum absolute atomic E-state index is 0.0423. The fraction of sp³-hybridized carbons (Fsp3) is 0.0667. The van der Waals surface area contributed by atoms with Gasteiger partial charge < -0.3 is 0 Å². The molecule has 0 aliphatic rings. The molecular weight excluding hydrogens is 210 g/mol. The summed E-state index contributed by atoms with van der Waals surface area (Å²) in [4.78, 5) is 16.3. The van der Waals surface area contributed by atoms with Gasteiger partial charge in [0.05, 0.1) is 0 Å². The van der Waals surface area contributed by atoms with Gasteiger partial charge in [0.25, 0.3) is 0 Å². The molecule has 0 amide bonds. The molecule has 0 saturated heterocycles. The second kappa shape index (κ2) is 5.21. The Morgan fingerprint density at radius 2 is 1.29 bits per heavy atom. The molecule has 0 aliphatic carbocycles. The fourth-order valence-corrected chi connectivity index (χ4v) is 1.68. The van der Waals surface area contributed by atoms with E-state index in [4.69, 9.17) is 0 Å². The number of benzene rings is 2. The van der Waals surface area contributed by atoms with Gasteiger partial charge in [-0.2, -0.15) is 0 Å². The highest BCUT2D eigenvalue weighted by atomic mass is 16.1. The molecule has 2 aromatic carbocycles. The van der Waals surface area contributed by atoms with Crippen LogP contribution in [0, 0.1) is 0 Å². The molecule has 0 heterocycles. The van der Waals surface area contributed by atoms with Crippen LogP contribution in [0.15, 0.2) is 65.7 Å². The van der Waals surface area contributed by atoms with Crippen LogP contribution < -0.4 is 0 Å². The molecule has 2 rings (SSSR count). The number of Topliss-reactive ketones (excluding diaryl/α,β-unsaturated/α-hetero) is 1. The average molecular weight is 223 g/mol. The summed E-state index contributed by atoms with van der Waals surface area (Å²) in [6.07, 6.45) is 0. The van der Waals surface area contributed by atoms with Gasteiger partial charge in [-0.05, 0) is 0 Å². The van der Waals surface area contributed by atoms with Crippen molar-refractivity contribution in [1.82, 2.24) is 0 Å². The van der Waals surface area contributed by atoms with Crippen LogP contribution in [-0.4, -0.2) is 18.5 Å². The minimum atomic E-state index is -0.0423. The topological polar surface area (TPSA) is 29.4 Å². The van der Waals surface area contributed by atoms with Crippen LogP contribution in [0.1, 0.15) is 15.9 Å². The highest BCUT2D eigenvalue weighted by Crippen LogP contribution is 2.08. The molecule has 0 aromatic heterocycles. The standard InChI is InChI=1S/C15H13NO/c1-16-14(12-8-4-2-5-9-12)15(17)13-10-6-3-7-11-13/h2-11H,1H3. The predicted octanol–water partition coefficient (Wildman–Crippen LogP) is 2.99. The summed E-state index contributed by atoms with van der Waals surface area (Å²) < 4.78 is 0. The number of aliphatic imine (C=N–C) groups is 1. The van der Waals surface area contributed by atoms with Crippen molar-refractivity contribution < 1.29 is 4.79 Å². The van der Waals surface area contributed by atoms with E-state index in [-0.39, 0.29) is 5.78 Å². The number of ketones is 1. The van der Waals surface area contributed by atoms with E-state index in [0.29, 0.717) is 11.3 Å². The van der Waals surface area contributed by atoms with Crippen molar-refractivity contribution in [3.63, 3.8) is 0 Å². The van der Waals surface area contributed by atoms with E-state index < -0.39 is 0 Å². The van der Waals surface area contributed by atoms with Crippen LogP contribution in [0.3, 0.4) is 0 Å². The zero-order valence-electron chi connectivity index (χ0n) is 9.63. The van der Waals surface area contributed by atoms with Gasteiger partial charge in [-0.15, -0.1) is 0 Å². The fourth-order valence-electron chi connectivity index (χ4n) is 1.68. The Morgan fingerprint density at radius 1 is 0.824 bits per heavy atom. The van der Waals surface area contributed by atoms with E-state index in [0.717, 1.165) is 5.56 Å². The zero-order valence-corrected chi connectivity index (χ0v) is 9.63. The van der Waals surface area contributed by atoms with Gasteiger partial charge in [-0.3, -0.25) is 9.79 Å². The van der Waals surface area contributed by atoms with Gasteiger partial charge in [0, 0.05) is 18.2 Å². The Kier molecular flexibility index (Phi) is 3.46. The average Bonchev–Trinajstić information content (AvgIpc) is 2.42. The SMILES string of the molecule is CN=C(C(=O)c1ccccc1)c1ccccc1. The first-order chi connectivity index (χ1) is 8.33. The van der Waals surface area contributed by atoms with E-state index in [1.165, 1.54) is 0 Å². The van der Waals surface area contributed by atoms with Crippen molar-refractivity contribution in [2.24, 2.45) is 4.99 Å². The number of carbonyl (C=O) groups excluding carboxylic acids is 1. The molecule has 0 aliphatic heterocycles. The molecule has 0 unspecified atom stereocenters. The summed E-state index contributed by atoms with van der Waals surface area (Å²) in [5, 5.41) is 0. The number of hydrogen-bond donors (Lipinski definition) is 0. The van der Waals surface area contributed by atoms with Crippen molar-refractivity contribution in [3.8, 4) is 0 Å². The van der Waals surface area contributed by atoms with Crippen LogP contribution in [-0.2, 0) is 0 Å². The molecule has 2 heteroatoms. The first-order valence-electron chi connectivity index (χ1n) is 5.45. The molecule has 0 saturated carbocycles. The second-order valence-corrected chi connectivity index (χ2v) is 3.63. The van der Waals surface area contributed by atoms with Crippen molar-refractivity contribution in [1.29, 1.82) is 0 Å². The van der Waals surface area contributed by atoms with Crippen LogP contribution >= 0.6 is 0 Å². The van der Waals surface area contributed by atoms with Gasteiger partial charge in [-0.1, -0.05) is 60.7 Å². The Balaban J connectivity index is 2.37. The van der Waals surface area contributed by atoms with Crippen molar-refractivity contribution in [2.45, 2.75) is 0 Å². The molecule has 0 N–H and O–H groups in total. The summed E-state index contributed by atoms with van der Waals surface area (Å²) in [6, 6.07) is 18.7. The smallest absolute Gasteiger partial charge is 0.211 e. The van der Waals surface area contributed by atoms with Gasteiger partial charge in [0.1, 0.15) is 5.71 Å². The number of hydrogen-bond acceptors (Lipinski definition) is 2. The molecule has 17 heavy (non-hydrogen) atoms. The lowest BCUT2D eigenvalue weighted by Gasteiger charge is -2.04. The lowest BCUT2D eigenvalue weighted by molar-refractivity contribution is 0.106. The summed E-state index contributed by atoms with van der Waals surface area (Å²) in [7, 11) is 1.64. The number of nitrogens with zero attached hydrogens (tertiary/aromatic N) is 1. The maximum Gasteiger partial charge on any atom is 0.211 e. The van der Waals surface area contributed by atoms with Crippen LogP contribution in [0.25, 0.3) is 0 Å². The first kappa shape index (κ1) is 11.3. The molecule has 0 atom stereocenters. The van der Waals surface area contributed by atoms with Gasteiger partial charge in [-0.25, -0.2) is 0 Å². The maximum atomic E-state index is 12.2. The molecule has 84 valence electrons. The van der Waals surface area contributed by atoms with E-state index in [1.807, 2.05) is 48.5 Å². The van der Waals surface area contributed by atoms with E-state index in [1.54, 1.807) is 19.2 Å². The number of carbonyl (C=O) groups is 1. The normalized spacial score (nSPS) is 11.2. The van der Waals surface area contributed by atoms with Crippen molar-refractivity contribution in [3.05, 3.63) is 71.8 Å². The number of rotatable bonds is 3. The summed E-state index contributed by atoms with van der Waals surface area (Å²) in [6.45, 7) is 0. The third kappa shape index (κ3) is 2.48. The maximum absolute atomic E-state index is 12.2. The van der Waals surface area contributed by atoms with Crippen LogP contribution in [0.4, 0.5) is 0 Å². The summed E-state index contributed by atoms with van der Waals surface area (Å²) >= 11 is 0. The molecule has 0 radical (unpaired) electrons. The third-order valence-corrected chi connectivity index (χ3v) is 2.52. The molecule has 0 fully saturated rings. The van der Waals surface area contributed by atoms with Crippen molar-refractivity contribution in [2.75, 3.05) is 7.05 Å². The highest BCUT2D eigenvalue weighted by Gasteiger charge is 2.14. The van der Waals surface area contributed by atoms with Gasteiger partial charge in [0.15, 0.2) is 0 Å². The Hall–Kier alpha value is -2.22. The van der Waals surface area contributed by atoms with Crippen LogP contribution in [0.2, 0.25) is 0 Å². The van der Waals surface area contributed by atoms with Crippen molar-refractivity contribution >= 4 is 11.5 Å². The monoisotopic (exact) mass is 223 g/mol. The minimum Gasteiger partial charge on any atom is -0.287 e. The second-order valence-electron chi connectivity index (χ2n) is 3.63. The van der Waals surface area contributed by atoms with Gasteiger partial charge >= 0.3 is 0 Å². The Bertz CT molecular complexity index is 529. The third-order valence-electron chi connectivity index (χ3n) is 2.52. The predicted molar refractivity (Wildman–Crippen MR) is 69.7 cm³/mol. The first-order valence-corrected chi connectivity index (χ1v) is 5.45. The lowest BCUT2D eigenvalue weighted by Crippen LogP contribution is -2.15. The molecular formula is C15H13NO. The molecule has 0 spiro atoms. The van der Waals surface area contributed by atoms with Gasteiger partial charge in [0.2, 0.25) is 5.78 Å². The van der Waals surface area contributed by atoms with E-state index in [9.17, 15) is 4.79 Å². The largest absolute Gasteiger partial charge is 0.287 e. The summed E-state index contributed by atoms with van der Waals surface area (Å²) in [5.74, 6) is -0.0423. The summed E-state index contributed by atoms with van der Waals surface area (Å²) in [5.41, 5.74) is 2.01. The zero-order chi connectivity index (χ0) is 12.1. The highest BCUT2D eigenvalue weighted by molar-refractivity contribution is 6.51. The van der Waals surface area contributed by atoms with Crippen LogP contribution in [0.5, 0.6) is 0 Å². The molecule has 2 aromatic rings. The lowest BCUT2D eigenvalue weighted by atomic mass is 10.0. The molecule has 0 bridgehead atoms. The Morgan fingerprint density at radius 3 is 1.76 bits per heavy atom. The van der Waals surface area contributed by atoms with E-state index in [2.05, 4.69) is 4.99 Å². The quantitative estimate of drug-likeness (QED) is 0.581.